The Morgan fingerprint density at radius 2 is 1.82 bits per heavy atom. The molecule has 0 radical (unpaired) electrons. The number of anilines is 2. The number of halogens is 1. The standard InChI is InChI=1S/C25H21FN4O4/c1-15(31)28-19-9-10-22(34-2)21(13-19)29-24(32)20-12-17-4-3-11-27-23(17)30(25(20)33)14-16-5-7-18(26)8-6-16/h3-13H,14H2,1-2H3,(H,28,31)(H,29,32). The van der Waals surface area contributed by atoms with Gasteiger partial charge in [-0.05, 0) is 54.1 Å². The first-order chi connectivity index (χ1) is 16.4. The number of fused-ring (bicyclic) bond motifs is 1. The molecule has 172 valence electrons. The second-order valence-electron chi connectivity index (χ2n) is 7.54. The number of amides is 2. The van der Waals surface area contributed by atoms with Gasteiger partial charge in [0.25, 0.3) is 11.5 Å². The Hall–Kier alpha value is -4.53. The van der Waals surface area contributed by atoms with Gasteiger partial charge in [0.1, 0.15) is 22.8 Å². The van der Waals surface area contributed by atoms with Gasteiger partial charge >= 0.3 is 0 Å². The quantitative estimate of drug-likeness (QED) is 0.456. The Morgan fingerprint density at radius 1 is 1.06 bits per heavy atom. The minimum Gasteiger partial charge on any atom is -0.495 e. The molecule has 2 N–H and O–H groups in total. The largest absolute Gasteiger partial charge is 0.495 e. The van der Waals surface area contributed by atoms with Gasteiger partial charge in [-0.2, -0.15) is 0 Å². The van der Waals surface area contributed by atoms with Gasteiger partial charge in [0.15, 0.2) is 0 Å². The number of nitrogens with one attached hydrogen (secondary N) is 2. The lowest BCUT2D eigenvalue weighted by Gasteiger charge is -2.14. The van der Waals surface area contributed by atoms with Crippen molar-refractivity contribution >= 4 is 34.2 Å². The van der Waals surface area contributed by atoms with Crippen molar-refractivity contribution in [1.82, 2.24) is 9.55 Å². The molecule has 8 nitrogen and oxygen atoms in total. The molecule has 0 unspecified atom stereocenters. The number of carbonyl (C=O) groups is 2. The van der Waals surface area contributed by atoms with Crippen LogP contribution in [0.25, 0.3) is 11.0 Å². The van der Waals surface area contributed by atoms with Crippen molar-refractivity contribution in [2.24, 2.45) is 0 Å². The lowest BCUT2D eigenvalue weighted by atomic mass is 10.1. The summed E-state index contributed by atoms with van der Waals surface area (Å²) in [5, 5.41) is 5.93. The molecule has 0 saturated heterocycles. The summed E-state index contributed by atoms with van der Waals surface area (Å²) in [7, 11) is 1.44. The van der Waals surface area contributed by atoms with E-state index in [1.54, 1.807) is 42.6 Å². The first-order valence-corrected chi connectivity index (χ1v) is 10.4. The van der Waals surface area contributed by atoms with Crippen LogP contribution in [0, 0.1) is 5.82 Å². The molecule has 9 heteroatoms. The van der Waals surface area contributed by atoms with Crippen LogP contribution in [-0.2, 0) is 11.3 Å². The van der Waals surface area contributed by atoms with Crippen molar-refractivity contribution in [3.8, 4) is 5.75 Å². The predicted molar refractivity (Wildman–Crippen MR) is 127 cm³/mol. The fourth-order valence-corrected chi connectivity index (χ4v) is 3.56. The lowest BCUT2D eigenvalue weighted by molar-refractivity contribution is -0.114. The first-order valence-electron chi connectivity index (χ1n) is 10.4. The van der Waals surface area contributed by atoms with E-state index in [-0.39, 0.29) is 29.5 Å². The maximum absolute atomic E-state index is 13.4. The van der Waals surface area contributed by atoms with Crippen LogP contribution in [0.4, 0.5) is 15.8 Å². The summed E-state index contributed by atoms with van der Waals surface area (Å²) >= 11 is 0. The van der Waals surface area contributed by atoms with Gasteiger partial charge in [0, 0.05) is 24.2 Å². The van der Waals surface area contributed by atoms with E-state index in [2.05, 4.69) is 15.6 Å². The van der Waals surface area contributed by atoms with Gasteiger partial charge in [-0.3, -0.25) is 19.0 Å². The van der Waals surface area contributed by atoms with Gasteiger partial charge in [0.05, 0.1) is 19.3 Å². The summed E-state index contributed by atoms with van der Waals surface area (Å²) in [6.45, 7) is 1.48. The van der Waals surface area contributed by atoms with Crippen molar-refractivity contribution in [3.05, 3.63) is 94.2 Å². The summed E-state index contributed by atoms with van der Waals surface area (Å²) < 4.78 is 20.0. The van der Waals surface area contributed by atoms with E-state index >= 15 is 0 Å². The monoisotopic (exact) mass is 460 g/mol. The van der Waals surface area contributed by atoms with Crippen LogP contribution in [0.1, 0.15) is 22.8 Å². The topological polar surface area (TPSA) is 102 Å². The Bertz CT molecular complexity index is 1450. The van der Waals surface area contributed by atoms with Crippen LogP contribution in [0.2, 0.25) is 0 Å². The number of rotatable bonds is 6. The van der Waals surface area contributed by atoms with Crippen LogP contribution in [0.15, 0.2) is 71.7 Å². The van der Waals surface area contributed by atoms with Gasteiger partial charge in [-0.15, -0.1) is 0 Å². The van der Waals surface area contributed by atoms with E-state index in [1.807, 2.05) is 0 Å². The zero-order valence-corrected chi connectivity index (χ0v) is 18.5. The number of nitrogens with zero attached hydrogens (tertiary/aromatic N) is 2. The molecule has 0 aliphatic rings. The lowest BCUT2D eigenvalue weighted by Crippen LogP contribution is -2.30. The van der Waals surface area contributed by atoms with Crippen LogP contribution in [-0.4, -0.2) is 28.5 Å². The van der Waals surface area contributed by atoms with Crippen molar-refractivity contribution < 1.29 is 18.7 Å². The molecular weight excluding hydrogens is 439 g/mol. The minimum atomic E-state index is -0.651. The van der Waals surface area contributed by atoms with Crippen molar-refractivity contribution in [2.75, 3.05) is 17.7 Å². The fourth-order valence-electron chi connectivity index (χ4n) is 3.56. The summed E-state index contributed by atoms with van der Waals surface area (Å²) in [5.74, 6) is -0.950. The number of ether oxygens (including phenoxy) is 1. The highest BCUT2D eigenvalue weighted by Gasteiger charge is 2.18. The third kappa shape index (κ3) is 4.78. The van der Waals surface area contributed by atoms with E-state index < -0.39 is 11.5 Å². The maximum atomic E-state index is 13.4. The molecule has 2 aromatic carbocycles. The molecule has 2 aromatic heterocycles. The average molecular weight is 460 g/mol. The molecule has 0 spiro atoms. The number of methoxy groups -OCH3 is 1. The number of hydrogen-bond acceptors (Lipinski definition) is 5. The van der Waals surface area contributed by atoms with Crippen LogP contribution < -0.4 is 20.9 Å². The van der Waals surface area contributed by atoms with Crippen molar-refractivity contribution in [3.63, 3.8) is 0 Å². The Balaban J connectivity index is 1.75. The highest BCUT2D eigenvalue weighted by atomic mass is 19.1. The molecule has 0 aliphatic carbocycles. The molecule has 0 atom stereocenters. The number of pyridine rings is 2. The predicted octanol–water partition coefficient (Wildman–Crippen LogP) is 3.80. The van der Waals surface area contributed by atoms with Crippen LogP contribution in [0.3, 0.4) is 0 Å². The average Bonchev–Trinajstić information content (AvgIpc) is 2.81. The number of aromatic nitrogens is 2. The van der Waals surface area contributed by atoms with E-state index in [0.717, 1.165) is 0 Å². The van der Waals surface area contributed by atoms with Gasteiger partial charge < -0.3 is 15.4 Å². The summed E-state index contributed by atoms with van der Waals surface area (Å²) in [5.41, 5.74) is 1.17. The maximum Gasteiger partial charge on any atom is 0.265 e. The van der Waals surface area contributed by atoms with Gasteiger partial charge in [0.2, 0.25) is 5.91 Å². The minimum absolute atomic E-state index is 0.102. The highest BCUT2D eigenvalue weighted by Crippen LogP contribution is 2.28. The smallest absolute Gasteiger partial charge is 0.265 e. The number of hydrogen-bond donors (Lipinski definition) is 2. The summed E-state index contributed by atoms with van der Waals surface area (Å²) in [6, 6.07) is 15.5. The highest BCUT2D eigenvalue weighted by molar-refractivity contribution is 6.06. The first kappa shape index (κ1) is 22.7. The number of benzene rings is 2. The van der Waals surface area contributed by atoms with Gasteiger partial charge in [-0.25, -0.2) is 9.37 Å². The number of carbonyl (C=O) groups excluding carboxylic acids is 2. The molecule has 0 bridgehead atoms. The van der Waals surface area contributed by atoms with Crippen LogP contribution >= 0.6 is 0 Å². The van der Waals surface area contributed by atoms with E-state index in [0.29, 0.717) is 28.0 Å². The third-order valence-electron chi connectivity index (χ3n) is 5.11. The molecule has 4 rings (SSSR count). The van der Waals surface area contributed by atoms with Crippen molar-refractivity contribution in [1.29, 1.82) is 0 Å². The van der Waals surface area contributed by atoms with E-state index in [9.17, 15) is 18.8 Å². The summed E-state index contributed by atoms with van der Waals surface area (Å²) in [6.07, 6.45) is 1.56. The second-order valence-corrected chi connectivity index (χ2v) is 7.54. The van der Waals surface area contributed by atoms with Crippen LogP contribution in [0.5, 0.6) is 5.75 Å². The molecule has 0 saturated carbocycles. The SMILES string of the molecule is COc1ccc(NC(C)=O)cc1NC(=O)c1cc2cccnc2n(Cc2ccc(F)cc2)c1=O. The molecule has 4 aromatic rings. The fraction of sp³-hybridized carbons (Fsp3) is 0.120. The second kappa shape index (κ2) is 9.53. The van der Waals surface area contributed by atoms with Gasteiger partial charge in [-0.1, -0.05) is 12.1 Å². The Morgan fingerprint density at radius 3 is 2.53 bits per heavy atom. The Labute approximate surface area is 194 Å². The zero-order valence-electron chi connectivity index (χ0n) is 18.5. The molecular formula is C25H21FN4O4. The molecule has 2 amide bonds. The normalized spacial score (nSPS) is 10.7. The van der Waals surface area contributed by atoms with E-state index in [4.69, 9.17) is 4.74 Å². The summed E-state index contributed by atoms with van der Waals surface area (Å²) in [4.78, 5) is 42.2. The molecule has 34 heavy (non-hydrogen) atoms. The molecule has 0 aliphatic heterocycles. The zero-order chi connectivity index (χ0) is 24.2. The van der Waals surface area contributed by atoms with E-state index in [1.165, 1.54) is 42.9 Å². The van der Waals surface area contributed by atoms with Crippen molar-refractivity contribution in [2.45, 2.75) is 13.5 Å². The molecule has 0 fully saturated rings. The molecule has 2 heterocycles. The third-order valence-corrected chi connectivity index (χ3v) is 5.11. The Kier molecular flexibility index (Phi) is 6.35.